The third kappa shape index (κ3) is 1.22. The maximum atomic E-state index is 10.6. The average Bonchev–Trinajstić information content (AvgIpc) is 1.80. The van der Waals surface area contributed by atoms with Crippen LogP contribution in [0.2, 0.25) is 0 Å². The summed E-state index contributed by atoms with van der Waals surface area (Å²) < 4.78 is 9.52. The lowest BCUT2D eigenvalue weighted by molar-refractivity contribution is -0.166. The lowest BCUT2D eigenvalue weighted by Crippen LogP contribution is -2.21. The average molecular weight is 128 g/mol. The number of hydrogen-bond acceptors (Lipinski definition) is 3. The van der Waals surface area contributed by atoms with Crippen molar-refractivity contribution in [1.29, 1.82) is 0 Å². The molecule has 0 bridgehead atoms. The van der Waals surface area contributed by atoms with Gasteiger partial charge < -0.3 is 9.47 Å². The molecule has 3 heteroatoms. The molecule has 9 heavy (non-hydrogen) atoms. The second kappa shape index (κ2) is 2.09. The van der Waals surface area contributed by atoms with E-state index in [1.165, 1.54) is 6.26 Å². The maximum absolute atomic E-state index is 10.6. The van der Waals surface area contributed by atoms with Gasteiger partial charge in [-0.2, -0.15) is 0 Å². The molecule has 1 unspecified atom stereocenters. The van der Waals surface area contributed by atoms with Crippen LogP contribution in [0, 0.1) is 0 Å². The summed E-state index contributed by atoms with van der Waals surface area (Å²) in [4.78, 5) is 10.6. The van der Waals surface area contributed by atoms with Gasteiger partial charge in [-0.25, -0.2) is 4.79 Å². The number of carbonyl (C=O) groups is 1. The largest absolute Gasteiger partial charge is 0.462 e. The molecule has 0 saturated heterocycles. The van der Waals surface area contributed by atoms with Crippen molar-refractivity contribution in [3.63, 3.8) is 0 Å². The Morgan fingerprint density at radius 1 is 1.67 bits per heavy atom. The number of ether oxygens (including phenoxy) is 2. The molecule has 0 radical (unpaired) electrons. The SMILES string of the molecule is CC1=COC(C)OC1=O. The molecule has 0 spiro atoms. The monoisotopic (exact) mass is 128 g/mol. The van der Waals surface area contributed by atoms with Crippen molar-refractivity contribution in [1.82, 2.24) is 0 Å². The smallest absolute Gasteiger partial charge is 0.339 e. The standard InChI is InChI=1S/C6H8O3/c1-4-3-8-5(2)9-6(4)7/h3,5H,1-2H3. The minimum atomic E-state index is -0.429. The van der Waals surface area contributed by atoms with Crippen LogP contribution in [0.25, 0.3) is 0 Å². The summed E-state index contributed by atoms with van der Waals surface area (Å²) in [5.74, 6) is -0.297. The Bertz CT molecular complexity index is 160. The van der Waals surface area contributed by atoms with E-state index >= 15 is 0 Å². The van der Waals surface area contributed by atoms with E-state index < -0.39 is 6.29 Å². The van der Waals surface area contributed by atoms with Crippen LogP contribution in [-0.2, 0) is 14.3 Å². The zero-order valence-electron chi connectivity index (χ0n) is 5.38. The number of carbonyl (C=O) groups excluding carboxylic acids is 1. The zero-order chi connectivity index (χ0) is 6.85. The molecule has 1 rings (SSSR count). The van der Waals surface area contributed by atoms with Crippen LogP contribution < -0.4 is 0 Å². The van der Waals surface area contributed by atoms with Gasteiger partial charge in [-0.15, -0.1) is 0 Å². The predicted octanol–water partition coefficient (Wildman–Crippen LogP) is 0.810. The fraction of sp³-hybridized carbons (Fsp3) is 0.500. The van der Waals surface area contributed by atoms with Crippen molar-refractivity contribution in [3.8, 4) is 0 Å². The predicted molar refractivity (Wildman–Crippen MR) is 30.4 cm³/mol. The molecule has 3 nitrogen and oxygen atoms in total. The van der Waals surface area contributed by atoms with Gasteiger partial charge in [0.1, 0.15) is 0 Å². The van der Waals surface area contributed by atoms with Gasteiger partial charge in [0.2, 0.25) is 6.29 Å². The van der Waals surface area contributed by atoms with Crippen molar-refractivity contribution < 1.29 is 14.3 Å². The van der Waals surface area contributed by atoms with Gasteiger partial charge in [0, 0.05) is 6.92 Å². The molecule has 0 aromatic rings. The lowest BCUT2D eigenvalue weighted by Gasteiger charge is -2.17. The van der Waals surface area contributed by atoms with E-state index in [1.54, 1.807) is 13.8 Å². The van der Waals surface area contributed by atoms with Crippen molar-refractivity contribution in [2.75, 3.05) is 0 Å². The second-order valence-electron chi connectivity index (χ2n) is 1.91. The number of hydrogen-bond donors (Lipinski definition) is 0. The molecule has 50 valence electrons. The minimum absolute atomic E-state index is 0.297. The molecular formula is C6H8O3. The molecular weight excluding hydrogens is 120 g/mol. The molecule has 0 aromatic heterocycles. The number of rotatable bonds is 0. The number of esters is 1. The summed E-state index contributed by atoms with van der Waals surface area (Å²) in [6.07, 6.45) is 0.984. The van der Waals surface area contributed by atoms with Gasteiger partial charge in [0.05, 0.1) is 11.8 Å². The molecule has 0 amide bonds. The zero-order valence-corrected chi connectivity index (χ0v) is 5.38. The summed E-state index contributed by atoms with van der Waals surface area (Å²) in [6.45, 7) is 3.31. The summed E-state index contributed by atoms with van der Waals surface area (Å²) in [5, 5.41) is 0. The fourth-order valence-corrected chi connectivity index (χ4v) is 0.517. The molecule has 1 aliphatic heterocycles. The Labute approximate surface area is 53.3 Å². The molecule has 0 saturated carbocycles. The normalized spacial score (nSPS) is 26.2. The summed E-state index contributed by atoms with van der Waals surface area (Å²) in [6, 6.07) is 0. The van der Waals surface area contributed by atoms with Crippen molar-refractivity contribution >= 4 is 5.97 Å². The topological polar surface area (TPSA) is 35.5 Å². The highest BCUT2D eigenvalue weighted by molar-refractivity contribution is 5.87. The van der Waals surface area contributed by atoms with Crippen LogP contribution in [0.15, 0.2) is 11.8 Å². The first-order chi connectivity index (χ1) is 4.20. The Morgan fingerprint density at radius 2 is 2.33 bits per heavy atom. The van der Waals surface area contributed by atoms with Crippen LogP contribution in [0.5, 0.6) is 0 Å². The quantitative estimate of drug-likeness (QED) is 0.453. The van der Waals surface area contributed by atoms with E-state index in [2.05, 4.69) is 4.74 Å². The van der Waals surface area contributed by atoms with Crippen LogP contribution >= 0.6 is 0 Å². The minimum Gasteiger partial charge on any atom is -0.462 e. The third-order valence-electron chi connectivity index (χ3n) is 1.03. The molecule has 1 atom stereocenters. The second-order valence-corrected chi connectivity index (χ2v) is 1.91. The van der Waals surface area contributed by atoms with E-state index in [0.717, 1.165) is 0 Å². The van der Waals surface area contributed by atoms with Gasteiger partial charge in [0.25, 0.3) is 0 Å². The fourth-order valence-electron chi connectivity index (χ4n) is 0.517. The van der Waals surface area contributed by atoms with Gasteiger partial charge in [0.15, 0.2) is 0 Å². The van der Waals surface area contributed by atoms with E-state index in [1.807, 2.05) is 0 Å². The number of cyclic esters (lactones) is 1. The summed E-state index contributed by atoms with van der Waals surface area (Å²) in [7, 11) is 0. The molecule has 0 aromatic carbocycles. The Hall–Kier alpha value is -0.990. The first-order valence-corrected chi connectivity index (χ1v) is 2.73. The van der Waals surface area contributed by atoms with Crippen LogP contribution in [0.3, 0.4) is 0 Å². The van der Waals surface area contributed by atoms with E-state index in [4.69, 9.17) is 4.74 Å². The Morgan fingerprint density at radius 3 is 2.78 bits per heavy atom. The van der Waals surface area contributed by atoms with Crippen LogP contribution in [0.4, 0.5) is 0 Å². The Balaban J connectivity index is 2.68. The van der Waals surface area contributed by atoms with Crippen molar-refractivity contribution in [3.05, 3.63) is 11.8 Å². The van der Waals surface area contributed by atoms with Gasteiger partial charge >= 0.3 is 5.97 Å². The molecule has 1 heterocycles. The maximum Gasteiger partial charge on any atom is 0.339 e. The lowest BCUT2D eigenvalue weighted by atomic mass is 10.3. The summed E-state index contributed by atoms with van der Waals surface area (Å²) in [5.41, 5.74) is 0.508. The first kappa shape index (κ1) is 6.13. The van der Waals surface area contributed by atoms with Gasteiger partial charge in [-0.1, -0.05) is 0 Å². The van der Waals surface area contributed by atoms with E-state index in [0.29, 0.717) is 5.57 Å². The highest BCUT2D eigenvalue weighted by Crippen LogP contribution is 2.08. The molecule has 1 aliphatic rings. The Kier molecular flexibility index (Phi) is 1.42. The third-order valence-corrected chi connectivity index (χ3v) is 1.03. The van der Waals surface area contributed by atoms with E-state index in [9.17, 15) is 4.79 Å². The van der Waals surface area contributed by atoms with E-state index in [-0.39, 0.29) is 5.97 Å². The van der Waals surface area contributed by atoms with Gasteiger partial charge in [-0.3, -0.25) is 0 Å². The summed E-state index contributed by atoms with van der Waals surface area (Å²) >= 11 is 0. The van der Waals surface area contributed by atoms with Crippen LogP contribution in [-0.4, -0.2) is 12.3 Å². The molecule has 0 aliphatic carbocycles. The highest BCUT2D eigenvalue weighted by atomic mass is 16.7. The highest BCUT2D eigenvalue weighted by Gasteiger charge is 2.16. The van der Waals surface area contributed by atoms with Gasteiger partial charge in [-0.05, 0) is 6.92 Å². The molecule has 0 fully saturated rings. The van der Waals surface area contributed by atoms with Crippen LogP contribution in [0.1, 0.15) is 13.8 Å². The van der Waals surface area contributed by atoms with Crippen molar-refractivity contribution in [2.45, 2.75) is 20.1 Å². The first-order valence-electron chi connectivity index (χ1n) is 2.73. The van der Waals surface area contributed by atoms with Crippen molar-refractivity contribution in [2.24, 2.45) is 0 Å². The molecule has 0 N–H and O–H groups in total.